The molecule has 1 spiro atoms. The van der Waals surface area contributed by atoms with Crippen LogP contribution in [-0.2, 0) is 0 Å². The van der Waals surface area contributed by atoms with Crippen LogP contribution in [0.4, 0.5) is 11.4 Å². The summed E-state index contributed by atoms with van der Waals surface area (Å²) in [5.41, 5.74) is 2.26. The molecule has 150 valence electrons. The molecule has 2 N–H and O–H groups in total. The molecule has 2 aromatic rings. The first kappa shape index (κ1) is 18.2. The lowest BCUT2D eigenvalue weighted by atomic mass is 9.84. The molecule has 1 amide bonds. The number of fused-ring (bicyclic) bond motifs is 1. The standard InChI is InChI=1S/C23H27N5O/c29-21(20-12-5-6-14-24-20)28-15-7-13-23(16-28)22(25-17-8-1-2-9-17)26-18-10-3-4-11-19(18)27-23/h3-6,10-12,14,17,27H,1-2,7-9,13,15-16H2,(H,25,26). The Labute approximate surface area is 171 Å². The zero-order valence-corrected chi connectivity index (χ0v) is 16.6. The van der Waals surface area contributed by atoms with Gasteiger partial charge in [-0.1, -0.05) is 31.0 Å². The number of anilines is 2. The van der Waals surface area contributed by atoms with E-state index in [0.29, 0.717) is 18.3 Å². The van der Waals surface area contributed by atoms with Crippen LogP contribution in [0.1, 0.15) is 49.0 Å². The molecule has 2 fully saturated rings. The molecule has 6 heteroatoms. The van der Waals surface area contributed by atoms with Crippen molar-refractivity contribution in [1.29, 1.82) is 0 Å². The van der Waals surface area contributed by atoms with E-state index in [1.807, 2.05) is 29.2 Å². The van der Waals surface area contributed by atoms with Gasteiger partial charge in [-0.05, 0) is 49.9 Å². The number of benzene rings is 1. The minimum atomic E-state index is -0.375. The summed E-state index contributed by atoms with van der Waals surface area (Å²) in [5.74, 6) is 0.979. The number of hydrogen-bond acceptors (Lipinski definition) is 4. The molecule has 0 bridgehead atoms. The average molecular weight is 390 g/mol. The smallest absolute Gasteiger partial charge is 0.272 e. The third-order valence-electron chi connectivity index (χ3n) is 6.31. The number of pyridine rings is 1. The fourth-order valence-corrected chi connectivity index (χ4v) is 4.81. The highest BCUT2D eigenvalue weighted by atomic mass is 16.2. The quantitative estimate of drug-likeness (QED) is 0.816. The molecule has 0 radical (unpaired) electrons. The van der Waals surface area contributed by atoms with Gasteiger partial charge in [0.15, 0.2) is 0 Å². The maximum atomic E-state index is 13.1. The van der Waals surface area contributed by atoms with E-state index in [-0.39, 0.29) is 11.4 Å². The molecule has 1 aliphatic carbocycles. The molecular weight excluding hydrogens is 362 g/mol. The van der Waals surface area contributed by atoms with E-state index in [1.54, 1.807) is 12.3 Å². The molecule has 1 saturated heterocycles. The topological polar surface area (TPSA) is 69.6 Å². The third-order valence-corrected chi connectivity index (χ3v) is 6.31. The van der Waals surface area contributed by atoms with E-state index < -0.39 is 0 Å². The fraction of sp³-hybridized carbons (Fsp3) is 0.435. The Morgan fingerprint density at radius 2 is 1.86 bits per heavy atom. The van der Waals surface area contributed by atoms with Crippen molar-refractivity contribution in [1.82, 2.24) is 9.88 Å². The van der Waals surface area contributed by atoms with Crippen molar-refractivity contribution in [3.05, 3.63) is 54.4 Å². The van der Waals surface area contributed by atoms with Crippen LogP contribution in [0, 0.1) is 0 Å². The predicted octanol–water partition coefficient (Wildman–Crippen LogP) is 3.94. The second-order valence-corrected chi connectivity index (χ2v) is 8.34. The molecule has 5 rings (SSSR count). The van der Waals surface area contributed by atoms with Crippen molar-refractivity contribution in [2.75, 3.05) is 23.7 Å². The van der Waals surface area contributed by atoms with Crippen LogP contribution in [-0.4, -0.2) is 46.3 Å². The summed E-state index contributed by atoms with van der Waals surface area (Å²) in [4.78, 5) is 24.5. The SMILES string of the molecule is O=C(c1ccccn1)N1CCCC2(C1)Nc1ccccc1NC2=NC1CCCC1. The fourth-order valence-electron chi connectivity index (χ4n) is 4.81. The van der Waals surface area contributed by atoms with Gasteiger partial charge in [0.25, 0.3) is 5.91 Å². The molecule has 2 aliphatic heterocycles. The van der Waals surface area contributed by atoms with Crippen LogP contribution >= 0.6 is 0 Å². The predicted molar refractivity (Wildman–Crippen MR) is 115 cm³/mol. The minimum Gasteiger partial charge on any atom is -0.370 e. The number of aromatic nitrogens is 1. The number of hydrogen-bond donors (Lipinski definition) is 2. The van der Waals surface area contributed by atoms with Crippen LogP contribution in [0.25, 0.3) is 0 Å². The number of piperidine rings is 1. The van der Waals surface area contributed by atoms with E-state index in [9.17, 15) is 4.79 Å². The van der Waals surface area contributed by atoms with E-state index in [4.69, 9.17) is 4.99 Å². The Hall–Kier alpha value is -2.89. The first-order valence-corrected chi connectivity index (χ1v) is 10.7. The second kappa shape index (κ2) is 7.50. The number of para-hydroxylation sites is 2. The van der Waals surface area contributed by atoms with Gasteiger partial charge >= 0.3 is 0 Å². The molecule has 3 aliphatic rings. The van der Waals surface area contributed by atoms with Gasteiger partial charge in [0.05, 0.1) is 24.0 Å². The Balaban J connectivity index is 1.48. The number of carbonyl (C=O) groups is 1. The summed E-state index contributed by atoms with van der Waals surface area (Å²) >= 11 is 0. The summed E-state index contributed by atoms with van der Waals surface area (Å²) < 4.78 is 0. The van der Waals surface area contributed by atoms with Gasteiger partial charge < -0.3 is 15.5 Å². The molecule has 6 nitrogen and oxygen atoms in total. The third kappa shape index (κ3) is 3.48. The maximum Gasteiger partial charge on any atom is 0.272 e. The summed E-state index contributed by atoms with van der Waals surface area (Å²) in [6.07, 6.45) is 8.37. The molecule has 1 aromatic carbocycles. The van der Waals surface area contributed by atoms with E-state index in [2.05, 4.69) is 27.8 Å². The van der Waals surface area contributed by atoms with Crippen LogP contribution in [0.5, 0.6) is 0 Å². The lowest BCUT2D eigenvalue weighted by molar-refractivity contribution is 0.0688. The van der Waals surface area contributed by atoms with E-state index in [0.717, 1.165) is 49.4 Å². The van der Waals surface area contributed by atoms with E-state index in [1.165, 1.54) is 12.8 Å². The van der Waals surface area contributed by atoms with Crippen molar-refractivity contribution in [2.24, 2.45) is 4.99 Å². The number of rotatable bonds is 2. The largest absolute Gasteiger partial charge is 0.370 e. The number of nitrogens with zero attached hydrogens (tertiary/aromatic N) is 3. The summed E-state index contributed by atoms with van der Waals surface area (Å²) in [6, 6.07) is 14.1. The molecular formula is C23H27N5O. The lowest BCUT2D eigenvalue weighted by Gasteiger charge is -2.47. The minimum absolute atomic E-state index is 0.00875. The molecule has 29 heavy (non-hydrogen) atoms. The zero-order valence-electron chi connectivity index (χ0n) is 16.6. The highest BCUT2D eigenvalue weighted by Crippen LogP contribution is 2.37. The molecule has 1 aromatic heterocycles. The average Bonchev–Trinajstić information content (AvgIpc) is 3.28. The number of carbonyl (C=O) groups excluding carboxylic acids is 1. The van der Waals surface area contributed by atoms with Crippen LogP contribution < -0.4 is 10.6 Å². The number of amides is 1. The molecule has 1 atom stereocenters. The summed E-state index contributed by atoms with van der Waals surface area (Å²) in [6.45, 7) is 1.34. The monoisotopic (exact) mass is 389 g/mol. The van der Waals surface area contributed by atoms with Gasteiger partial charge in [0.1, 0.15) is 17.1 Å². The van der Waals surface area contributed by atoms with Crippen LogP contribution in [0.3, 0.4) is 0 Å². The van der Waals surface area contributed by atoms with E-state index >= 15 is 0 Å². The van der Waals surface area contributed by atoms with Crippen LogP contribution in [0.15, 0.2) is 53.7 Å². The Kier molecular flexibility index (Phi) is 4.70. The second-order valence-electron chi connectivity index (χ2n) is 8.34. The van der Waals surface area contributed by atoms with Gasteiger partial charge in [0, 0.05) is 12.7 Å². The highest BCUT2D eigenvalue weighted by Gasteiger charge is 2.45. The van der Waals surface area contributed by atoms with Crippen molar-refractivity contribution < 1.29 is 4.79 Å². The zero-order chi connectivity index (χ0) is 19.7. The number of likely N-dealkylation sites (tertiary alicyclic amines) is 1. The van der Waals surface area contributed by atoms with Gasteiger partial charge in [-0.3, -0.25) is 14.8 Å². The number of aliphatic imine (C=N–C) groups is 1. The Morgan fingerprint density at radius 3 is 2.66 bits per heavy atom. The number of amidine groups is 1. The molecule has 1 saturated carbocycles. The normalized spacial score (nSPS) is 25.5. The first-order valence-electron chi connectivity index (χ1n) is 10.7. The van der Waals surface area contributed by atoms with Gasteiger partial charge in [-0.2, -0.15) is 0 Å². The number of nitrogens with one attached hydrogen (secondary N) is 2. The van der Waals surface area contributed by atoms with Crippen molar-refractivity contribution in [3.8, 4) is 0 Å². The van der Waals surface area contributed by atoms with Crippen LogP contribution in [0.2, 0.25) is 0 Å². The Bertz CT molecular complexity index is 922. The lowest BCUT2D eigenvalue weighted by Crippen LogP contribution is -2.62. The van der Waals surface area contributed by atoms with Gasteiger partial charge in [-0.25, -0.2) is 0 Å². The highest BCUT2D eigenvalue weighted by molar-refractivity contribution is 6.10. The van der Waals surface area contributed by atoms with Gasteiger partial charge in [0.2, 0.25) is 0 Å². The summed E-state index contributed by atoms with van der Waals surface area (Å²) in [5, 5.41) is 7.38. The molecule has 1 unspecified atom stereocenters. The maximum absolute atomic E-state index is 13.1. The Morgan fingerprint density at radius 1 is 1.07 bits per heavy atom. The van der Waals surface area contributed by atoms with Crippen molar-refractivity contribution in [3.63, 3.8) is 0 Å². The van der Waals surface area contributed by atoms with Gasteiger partial charge in [-0.15, -0.1) is 0 Å². The van der Waals surface area contributed by atoms with Crippen molar-refractivity contribution >= 4 is 23.1 Å². The molecule has 3 heterocycles. The summed E-state index contributed by atoms with van der Waals surface area (Å²) in [7, 11) is 0. The van der Waals surface area contributed by atoms with Crippen molar-refractivity contribution in [2.45, 2.75) is 50.1 Å². The first-order chi connectivity index (χ1) is 14.2.